The lowest BCUT2D eigenvalue weighted by molar-refractivity contribution is -0.900. The van der Waals surface area contributed by atoms with Crippen LogP contribution in [0.5, 0.6) is 0 Å². The van der Waals surface area contributed by atoms with Crippen molar-refractivity contribution in [3.05, 3.63) is 29.8 Å². The Hall–Kier alpha value is -1.44. The maximum atomic E-state index is 12.5. The van der Waals surface area contributed by atoms with Gasteiger partial charge in [0.15, 0.2) is 6.54 Å². The molecule has 1 unspecified atom stereocenters. The van der Waals surface area contributed by atoms with E-state index in [4.69, 9.17) is 0 Å². The van der Waals surface area contributed by atoms with Crippen LogP contribution in [0.3, 0.4) is 0 Å². The molecule has 1 amide bonds. The van der Waals surface area contributed by atoms with Crippen molar-refractivity contribution in [1.82, 2.24) is 9.62 Å². The molecule has 1 aromatic rings. The third kappa shape index (κ3) is 5.53. The first-order valence-corrected chi connectivity index (χ1v) is 11.0. The predicted molar refractivity (Wildman–Crippen MR) is 102 cm³/mol. The monoisotopic (exact) mass is 382 g/mol. The highest BCUT2D eigenvalue weighted by Crippen LogP contribution is 2.16. The molecule has 7 heteroatoms. The van der Waals surface area contributed by atoms with E-state index in [1.54, 1.807) is 24.3 Å². The van der Waals surface area contributed by atoms with E-state index in [-0.39, 0.29) is 5.91 Å². The zero-order valence-corrected chi connectivity index (χ0v) is 16.9. The number of piperidine rings is 1. The molecule has 0 aliphatic carbocycles. The molecule has 26 heavy (non-hydrogen) atoms. The summed E-state index contributed by atoms with van der Waals surface area (Å²) < 4.78 is 26.4. The third-order valence-electron chi connectivity index (χ3n) is 5.03. The maximum absolute atomic E-state index is 12.5. The van der Waals surface area contributed by atoms with Gasteiger partial charge in [-0.1, -0.05) is 32.9 Å². The Morgan fingerprint density at radius 2 is 1.88 bits per heavy atom. The van der Waals surface area contributed by atoms with Crippen LogP contribution in [0.15, 0.2) is 29.2 Å². The van der Waals surface area contributed by atoms with E-state index >= 15 is 0 Å². The summed E-state index contributed by atoms with van der Waals surface area (Å²) in [7, 11) is -3.43. The first-order valence-electron chi connectivity index (χ1n) is 9.56. The highest BCUT2D eigenvalue weighted by Gasteiger charge is 2.22. The van der Waals surface area contributed by atoms with E-state index < -0.39 is 10.0 Å². The van der Waals surface area contributed by atoms with Crippen molar-refractivity contribution in [3.63, 3.8) is 0 Å². The molecular formula is C19H32N3O3S+. The standard InChI is InChI=1S/C19H31N3O3S/c1-4-22(5-2)26(24,25)18-10-8-17(9-11-18)13-20-19(23)15-21-12-6-7-16(3)14-21/h8-11,16H,4-7,12-15H2,1-3H3,(H,20,23)/p+1/t16-/m0/s1. The lowest BCUT2D eigenvalue weighted by Gasteiger charge is -2.27. The summed E-state index contributed by atoms with van der Waals surface area (Å²) in [6.45, 7) is 9.87. The minimum absolute atomic E-state index is 0.0499. The second kappa shape index (κ2) is 9.48. The Morgan fingerprint density at radius 3 is 2.46 bits per heavy atom. The molecule has 0 radical (unpaired) electrons. The summed E-state index contributed by atoms with van der Waals surface area (Å²) >= 11 is 0. The first kappa shape index (κ1) is 20.9. The molecule has 2 atom stereocenters. The van der Waals surface area contributed by atoms with Crippen molar-refractivity contribution >= 4 is 15.9 Å². The highest BCUT2D eigenvalue weighted by atomic mass is 32.2. The molecule has 0 aromatic heterocycles. The number of carbonyl (C=O) groups excluding carboxylic acids is 1. The fraction of sp³-hybridized carbons (Fsp3) is 0.632. The molecule has 6 nitrogen and oxygen atoms in total. The molecule has 1 aliphatic rings. The average Bonchev–Trinajstić information content (AvgIpc) is 2.61. The van der Waals surface area contributed by atoms with Gasteiger partial charge in [-0.05, 0) is 30.5 Å². The summed E-state index contributed by atoms with van der Waals surface area (Å²) in [5, 5.41) is 2.94. The normalized spacial score (nSPS) is 20.9. The van der Waals surface area contributed by atoms with Gasteiger partial charge in [-0.2, -0.15) is 4.31 Å². The number of nitrogens with one attached hydrogen (secondary N) is 2. The smallest absolute Gasteiger partial charge is 0.275 e. The van der Waals surface area contributed by atoms with E-state index in [1.807, 2.05) is 13.8 Å². The molecule has 0 spiro atoms. The fourth-order valence-electron chi connectivity index (χ4n) is 3.54. The summed E-state index contributed by atoms with van der Waals surface area (Å²) in [5.74, 6) is 0.737. The van der Waals surface area contributed by atoms with Gasteiger partial charge in [-0.15, -0.1) is 0 Å². The SMILES string of the molecule is CCN(CC)S(=O)(=O)c1ccc(CNC(=O)C[NH+]2CCC[C@H](C)C2)cc1. The predicted octanol–water partition coefficient (Wildman–Crippen LogP) is 0.648. The second-order valence-corrected chi connectivity index (χ2v) is 9.08. The molecule has 2 N–H and O–H groups in total. The number of likely N-dealkylation sites (tertiary alicyclic amines) is 1. The average molecular weight is 383 g/mol. The van der Waals surface area contributed by atoms with Gasteiger partial charge in [0.05, 0.1) is 18.0 Å². The van der Waals surface area contributed by atoms with Gasteiger partial charge in [-0.3, -0.25) is 4.79 Å². The topological polar surface area (TPSA) is 70.9 Å². The Bertz CT molecular complexity index is 684. The molecular weight excluding hydrogens is 350 g/mol. The van der Waals surface area contributed by atoms with Crippen molar-refractivity contribution < 1.29 is 18.1 Å². The fourth-order valence-corrected chi connectivity index (χ4v) is 5.00. The summed E-state index contributed by atoms with van der Waals surface area (Å²) in [6, 6.07) is 6.78. The molecule has 2 rings (SSSR count). The van der Waals surface area contributed by atoms with Crippen LogP contribution in [-0.2, 0) is 21.4 Å². The molecule has 146 valence electrons. The Balaban J connectivity index is 1.88. The van der Waals surface area contributed by atoms with E-state index in [0.717, 1.165) is 18.7 Å². The molecule has 1 heterocycles. The van der Waals surface area contributed by atoms with Gasteiger partial charge in [-0.25, -0.2) is 8.42 Å². The summed E-state index contributed by atoms with van der Waals surface area (Å²) in [5.41, 5.74) is 0.902. The lowest BCUT2D eigenvalue weighted by atomic mass is 10.0. The number of benzene rings is 1. The Kier molecular flexibility index (Phi) is 7.61. The number of hydrogen-bond acceptors (Lipinski definition) is 3. The number of quaternary nitrogens is 1. The minimum Gasteiger partial charge on any atom is -0.347 e. The van der Waals surface area contributed by atoms with Crippen LogP contribution in [-0.4, -0.2) is 51.4 Å². The molecule has 1 saturated heterocycles. The molecule has 1 aromatic carbocycles. The van der Waals surface area contributed by atoms with Crippen LogP contribution in [0.1, 0.15) is 39.2 Å². The van der Waals surface area contributed by atoms with Gasteiger partial charge in [0.2, 0.25) is 10.0 Å². The zero-order valence-electron chi connectivity index (χ0n) is 16.1. The summed E-state index contributed by atoms with van der Waals surface area (Å²) in [4.78, 5) is 13.8. The number of nitrogens with zero attached hydrogens (tertiary/aromatic N) is 1. The second-order valence-electron chi connectivity index (χ2n) is 7.14. The number of amides is 1. The van der Waals surface area contributed by atoms with Gasteiger partial charge < -0.3 is 10.2 Å². The molecule has 0 saturated carbocycles. The number of hydrogen-bond donors (Lipinski definition) is 2. The lowest BCUT2D eigenvalue weighted by Crippen LogP contribution is -3.14. The van der Waals surface area contributed by atoms with Crippen LogP contribution < -0.4 is 10.2 Å². The summed E-state index contributed by atoms with van der Waals surface area (Å²) in [6.07, 6.45) is 2.44. The maximum Gasteiger partial charge on any atom is 0.275 e. The van der Waals surface area contributed by atoms with Crippen LogP contribution >= 0.6 is 0 Å². The van der Waals surface area contributed by atoms with Gasteiger partial charge in [0.25, 0.3) is 5.91 Å². The third-order valence-corrected chi connectivity index (χ3v) is 7.10. The van der Waals surface area contributed by atoms with Crippen molar-refractivity contribution in [2.45, 2.75) is 45.1 Å². The van der Waals surface area contributed by atoms with Crippen molar-refractivity contribution in [3.8, 4) is 0 Å². The molecule has 0 bridgehead atoms. The van der Waals surface area contributed by atoms with Crippen LogP contribution in [0.25, 0.3) is 0 Å². The van der Waals surface area contributed by atoms with Crippen molar-refractivity contribution in [2.24, 2.45) is 5.92 Å². The Morgan fingerprint density at radius 1 is 1.23 bits per heavy atom. The van der Waals surface area contributed by atoms with Crippen molar-refractivity contribution in [2.75, 3.05) is 32.7 Å². The van der Waals surface area contributed by atoms with E-state index in [9.17, 15) is 13.2 Å². The van der Waals surface area contributed by atoms with Gasteiger partial charge in [0, 0.05) is 25.6 Å². The van der Waals surface area contributed by atoms with Crippen LogP contribution in [0, 0.1) is 5.92 Å². The van der Waals surface area contributed by atoms with E-state index in [2.05, 4.69) is 12.2 Å². The van der Waals surface area contributed by atoms with E-state index in [0.29, 0.717) is 37.0 Å². The number of rotatable bonds is 8. The largest absolute Gasteiger partial charge is 0.347 e. The van der Waals surface area contributed by atoms with Crippen molar-refractivity contribution in [1.29, 1.82) is 0 Å². The first-order chi connectivity index (χ1) is 12.4. The highest BCUT2D eigenvalue weighted by molar-refractivity contribution is 7.89. The van der Waals surface area contributed by atoms with Gasteiger partial charge >= 0.3 is 0 Å². The molecule has 1 aliphatic heterocycles. The van der Waals surface area contributed by atoms with Gasteiger partial charge in [0.1, 0.15) is 0 Å². The van der Waals surface area contributed by atoms with E-state index in [1.165, 1.54) is 22.0 Å². The minimum atomic E-state index is -3.43. The quantitative estimate of drug-likeness (QED) is 0.693. The zero-order chi connectivity index (χ0) is 19.2. The molecule has 1 fully saturated rings. The Labute approximate surface area is 157 Å². The van der Waals surface area contributed by atoms with Crippen LogP contribution in [0.4, 0.5) is 0 Å². The number of sulfonamides is 1. The van der Waals surface area contributed by atoms with Crippen LogP contribution in [0.2, 0.25) is 0 Å². The number of carbonyl (C=O) groups is 1.